The molecule has 0 atom stereocenters. The zero-order valence-electron chi connectivity index (χ0n) is 13.5. The monoisotopic (exact) mass is 309 g/mol. The molecule has 0 aliphatic carbocycles. The zero-order chi connectivity index (χ0) is 16.1. The van der Waals surface area contributed by atoms with Gasteiger partial charge in [-0.25, -0.2) is 4.79 Å². The first-order chi connectivity index (χ1) is 11.2. The summed E-state index contributed by atoms with van der Waals surface area (Å²) in [6, 6.07) is 17.6. The van der Waals surface area contributed by atoms with Crippen LogP contribution in [-0.4, -0.2) is 26.2 Å². The molecule has 3 rings (SSSR count). The van der Waals surface area contributed by atoms with Gasteiger partial charge in [0.1, 0.15) is 0 Å². The second-order valence-electron chi connectivity index (χ2n) is 5.92. The first-order valence-corrected chi connectivity index (χ1v) is 8.19. The molecule has 0 bridgehead atoms. The maximum absolute atomic E-state index is 12.3. The number of nitrogens with zero attached hydrogens (tertiary/aromatic N) is 2. The lowest BCUT2D eigenvalue weighted by molar-refractivity contribution is 0.258. The molecule has 1 aliphatic rings. The first kappa shape index (κ1) is 15.4. The lowest BCUT2D eigenvalue weighted by Gasteiger charge is -2.29. The summed E-state index contributed by atoms with van der Waals surface area (Å²) >= 11 is 0. The Kier molecular flexibility index (Phi) is 4.81. The van der Waals surface area contributed by atoms with Crippen molar-refractivity contribution in [3.63, 3.8) is 0 Å². The Labute approximate surface area is 137 Å². The van der Waals surface area contributed by atoms with Crippen LogP contribution < -0.4 is 15.1 Å². The SMILES string of the molecule is CN(C(=O)Nc1ccc(N2CCCCC2)cc1)c1ccccc1. The predicted molar refractivity (Wildman–Crippen MR) is 96.4 cm³/mol. The molecule has 0 aromatic heterocycles. The number of para-hydroxylation sites is 1. The summed E-state index contributed by atoms with van der Waals surface area (Å²) in [5, 5.41) is 2.94. The van der Waals surface area contributed by atoms with E-state index in [0.717, 1.165) is 24.5 Å². The average Bonchev–Trinajstić information content (AvgIpc) is 2.63. The molecule has 4 heteroatoms. The standard InChI is InChI=1S/C19H23N3O/c1-21(17-8-4-2-5-9-17)19(23)20-16-10-12-18(13-11-16)22-14-6-3-7-15-22/h2,4-5,8-13H,3,6-7,14-15H2,1H3,(H,20,23). The zero-order valence-corrected chi connectivity index (χ0v) is 13.5. The molecule has 0 unspecified atom stereocenters. The highest BCUT2D eigenvalue weighted by molar-refractivity contribution is 6.01. The molecule has 1 fully saturated rings. The lowest BCUT2D eigenvalue weighted by atomic mass is 10.1. The van der Waals surface area contributed by atoms with Gasteiger partial charge in [0.05, 0.1) is 0 Å². The van der Waals surface area contributed by atoms with Crippen LogP contribution in [0.4, 0.5) is 21.9 Å². The fraction of sp³-hybridized carbons (Fsp3) is 0.316. The topological polar surface area (TPSA) is 35.6 Å². The molecule has 1 heterocycles. The number of benzene rings is 2. The Morgan fingerprint density at radius 1 is 0.957 bits per heavy atom. The van der Waals surface area contributed by atoms with Crippen LogP contribution in [0, 0.1) is 0 Å². The third kappa shape index (κ3) is 3.83. The number of anilines is 3. The molecule has 0 radical (unpaired) electrons. The van der Waals surface area contributed by atoms with Crippen molar-refractivity contribution >= 4 is 23.1 Å². The number of rotatable bonds is 3. The van der Waals surface area contributed by atoms with E-state index in [1.54, 1.807) is 11.9 Å². The highest BCUT2D eigenvalue weighted by atomic mass is 16.2. The summed E-state index contributed by atoms with van der Waals surface area (Å²) < 4.78 is 0. The van der Waals surface area contributed by atoms with Gasteiger partial charge in [-0.2, -0.15) is 0 Å². The third-order valence-corrected chi connectivity index (χ3v) is 4.29. The van der Waals surface area contributed by atoms with Crippen molar-refractivity contribution in [2.75, 3.05) is 35.3 Å². The van der Waals surface area contributed by atoms with Gasteiger partial charge in [-0.3, -0.25) is 4.90 Å². The molecule has 1 N–H and O–H groups in total. The number of hydrogen-bond donors (Lipinski definition) is 1. The van der Waals surface area contributed by atoms with Crippen molar-refractivity contribution in [2.24, 2.45) is 0 Å². The predicted octanol–water partition coefficient (Wildman–Crippen LogP) is 4.35. The number of nitrogens with one attached hydrogen (secondary N) is 1. The molecule has 0 spiro atoms. The van der Waals surface area contributed by atoms with Crippen LogP contribution in [0.2, 0.25) is 0 Å². The largest absolute Gasteiger partial charge is 0.372 e. The summed E-state index contributed by atoms with van der Waals surface area (Å²) in [6.07, 6.45) is 3.86. The number of piperidine rings is 1. The second-order valence-corrected chi connectivity index (χ2v) is 5.92. The van der Waals surface area contributed by atoms with Gasteiger partial charge in [0.2, 0.25) is 0 Å². The summed E-state index contributed by atoms with van der Waals surface area (Å²) in [6.45, 7) is 2.25. The molecule has 4 nitrogen and oxygen atoms in total. The van der Waals surface area contributed by atoms with Crippen LogP contribution in [-0.2, 0) is 0 Å². The van der Waals surface area contributed by atoms with Gasteiger partial charge >= 0.3 is 6.03 Å². The average molecular weight is 309 g/mol. The van der Waals surface area contributed by atoms with Gasteiger partial charge in [-0.1, -0.05) is 18.2 Å². The van der Waals surface area contributed by atoms with Crippen molar-refractivity contribution in [2.45, 2.75) is 19.3 Å². The first-order valence-electron chi connectivity index (χ1n) is 8.19. The Morgan fingerprint density at radius 2 is 1.61 bits per heavy atom. The molecule has 2 aromatic carbocycles. The van der Waals surface area contributed by atoms with E-state index in [4.69, 9.17) is 0 Å². The number of carbonyl (C=O) groups excluding carboxylic acids is 1. The lowest BCUT2D eigenvalue weighted by Crippen LogP contribution is -2.31. The number of amides is 2. The molecule has 120 valence electrons. The summed E-state index contributed by atoms with van der Waals surface area (Å²) in [5.74, 6) is 0. The van der Waals surface area contributed by atoms with E-state index in [9.17, 15) is 4.79 Å². The van der Waals surface area contributed by atoms with Gasteiger partial charge in [-0.05, 0) is 55.7 Å². The number of urea groups is 1. The Hall–Kier alpha value is -2.49. The van der Waals surface area contributed by atoms with E-state index >= 15 is 0 Å². The van der Waals surface area contributed by atoms with Crippen LogP contribution in [0.5, 0.6) is 0 Å². The van der Waals surface area contributed by atoms with Gasteiger partial charge in [-0.15, -0.1) is 0 Å². The van der Waals surface area contributed by atoms with E-state index in [2.05, 4.69) is 22.3 Å². The van der Waals surface area contributed by atoms with Crippen molar-refractivity contribution in [3.05, 3.63) is 54.6 Å². The fourth-order valence-corrected chi connectivity index (χ4v) is 2.88. The van der Waals surface area contributed by atoms with Crippen LogP contribution in [0.25, 0.3) is 0 Å². The maximum atomic E-state index is 12.3. The van der Waals surface area contributed by atoms with Gasteiger partial charge in [0, 0.05) is 37.2 Å². The molecule has 1 aliphatic heterocycles. The quantitative estimate of drug-likeness (QED) is 0.915. The van der Waals surface area contributed by atoms with Crippen LogP contribution >= 0.6 is 0 Å². The molecular formula is C19H23N3O. The highest BCUT2D eigenvalue weighted by Crippen LogP contribution is 2.22. The molecule has 2 amide bonds. The summed E-state index contributed by atoms with van der Waals surface area (Å²) in [4.78, 5) is 16.3. The van der Waals surface area contributed by atoms with Gasteiger partial charge < -0.3 is 10.2 Å². The van der Waals surface area contributed by atoms with E-state index in [1.807, 2.05) is 42.5 Å². The minimum Gasteiger partial charge on any atom is -0.372 e. The van der Waals surface area contributed by atoms with Gasteiger partial charge in [0.25, 0.3) is 0 Å². The molecule has 23 heavy (non-hydrogen) atoms. The minimum atomic E-state index is -0.137. The van der Waals surface area contributed by atoms with Crippen molar-refractivity contribution in [3.8, 4) is 0 Å². The Morgan fingerprint density at radius 3 is 2.26 bits per heavy atom. The van der Waals surface area contributed by atoms with Crippen LogP contribution in [0.1, 0.15) is 19.3 Å². The Bertz CT molecular complexity index is 633. The van der Waals surface area contributed by atoms with Gasteiger partial charge in [0.15, 0.2) is 0 Å². The fourth-order valence-electron chi connectivity index (χ4n) is 2.88. The smallest absolute Gasteiger partial charge is 0.326 e. The van der Waals surface area contributed by atoms with E-state index in [-0.39, 0.29) is 6.03 Å². The second kappa shape index (κ2) is 7.18. The summed E-state index contributed by atoms with van der Waals surface area (Å²) in [7, 11) is 1.77. The molecule has 0 saturated carbocycles. The van der Waals surface area contributed by atoms with Crippen molar-refractivity contribution in [1.82, 2.24) is 0 Å². The van der Waals surface area contributed by atoms with Crippen molar-refractivity contribution in [1.29, 1.82) is 0 Å². The summed E-state index contributed by atoms with van der Waals surface area (Å²) in [5.41, 5.74) is 2.92. The van der Waals surface area contributed by atoms with Crippen LogP contribution in [0.3, 0.4) is 0 Å². The molecule has 2 aromatic rings. The number of hydrogen-bond acceptors (Lipinski definition) is 2. The van der Waals surface area contributed by atoms with E-state index < -0.39 is 0 Å². The van der Waals surface area contributed by atoms with E-state index in [1.165, 1.54) is 24.9 Å². The molecule has 1 saturated heterocycles. The highest BCUT2D eigenvalue weighted by Gasteiger charge is 2.12. The minimum absolute atomic E-state index is 0.137. The van der Waals surface area contributed by atoms with Crippen molar-refractivity contribution < 1.29 is 4.79 Å². The normalized spacial score (nSPS) is 14.4. The maximum Gasteiger partial charge on any atom is 0.326 e. The van der Waals surface area contributed by atoms with Crippen LogP contribution in [0.15, 0.2) is 54.6 Å². The third-order valence-electron chi connectivity index (χ3n) is 4.29. The molecular weight excluding hydrogens is 286 g/mol. The Balaban J connectivity index is 1.62. The number of carbonyl (C=O) groups is 1. The van der Waals surface area contributed by atoms with E-state index in [0.29, 0.717) is 0 Å².